The molecule has 0 aliphatic carbocycles. The smallest absolute Gasteiger partial charge is 0.372 e. The van der Waals surface area contributed by atoms with Crippen LogP contribution in [0.4, 0.5) is 0 Å². The van der Waals surface area contributed by atoms with E-state index in [-0.39, 0.29) is 6.42 Å². The highest BCUT2D eigenvalue weighted by atomic mass is 16.4. The minimum atomic E-state index is -1.29. The average Bonchev–Trinajstić information content (AvgIpc) is 2.47. The van der Waals surface area contributed by atoms with Crippen LogP contribution in [0.25, 0.3) is 0 Å². The quantitative estimate of drug-likeness (QED) is 0.254. The Bertz CT molecular complexity index is 295. The van der Waals surface area contributed by atoms with Crippen LogP contribution in [0.2, 0.25) is 0 Å². The molecule has 0 aliphatic heterocycles. The molecule has 0 bridgehead atoms. The van der Waals surface area contributed by atoms with Crippen molar-refractivity contribution in [3.63, 3.8) is 0 Å². The first-order valence-electron chi connectivity index (χ1n) is 8.59. The number of unbranched alkanes of at least 4 members (excludes halogenated alkanes) is 10. The first kappa shape index (κ1) is 19.9. The van der Waals surface area contributed by atoms with Crippen LogP contribution in [0.15, 0.2) is 12.2 Å². The number of hydrogen-bond donors (Lipinski definition) is 1. The lowest BCUT2D eigenvalue weighted by atomic mass is 10.1. The Morgan fingerprint density at radius 1 is 0.762 bits per heavy atom. The Hall–Kier alpha value is -1.12. The van der Waals surface area contributed by atoms with E-state index in [1.807, 2.05) is 0 Å². The van der Waals surface area contributed by atoms with Crippen LogP contribution in [-0.2, 0) is 9.59 Å². The molecule has 1 N–H and O–H groups in total. The highest BCUT2D eigenvalue weighted by molar-refractivity contribution is 6.32. The summed E-state index contributed by atoms with van der Waals surface area (Å²) < 4.78 is 0. The SMILES string of the molecule is CCCCCCC=CCCCCCCCCC(=O)C(=O)O. The molecule has 0 atom stereocenters. The van der Waals surface area contributed by atoms with Gasteiger partial charge in [-0.05, 0) is 32.1 Å². The summed E-state index contributed by atoms with van der Waals surface area (Å²) >= 11 is 0. The van der Waals surface area contributed by atoms with Gasteiger partial charge >= 0.3 is 5.97 Å². The van der Waals surface area contributed by atoms with Crippen molar-refractivity contribution < 1.29 is 14.7 Å². The Balaban J connectivity index is 3.17. The molecule has 0 aromatic rings. The lowest BCUT2D eigenvalue weighted by Crippen LogP contribution is -2.11. The second-order valence-electron chi connectivity index (χ2n) is 5.71. The van der Waals surface area contributed by atoms with Crippen molar-refractivity contribution in [1.82, 2.24) is 0 Å². The number of carboxylic acids is 1. The number of allylic oxidation sites excluding steroid dienone is 2. The van der Waals surface area contributed by atoms with Crippen molar-refractivity contribution in [2.24, 2.45) is 0 Å². The molecule has 0 aromatic heterocycles. The van der Waals surface area contributed by atoms with Crippen molar-refractivity contribution in [1.29, 1.82) is 0 Å². The zero-order chi connectivity index (χ0) is 15.8. The predicted octanol–water partition coefficient (Wildman–Crippen LogP) is 5.29. The van der Waals surface area contributed by atoms with Crippen LogP contribution in [0.3, 0.4) is 0 Å². The van der Waals surface area contributed by atoms with E-state index in [1.54, 1.807) is 0 Å². The zero-order valence-corrected chi connectivity index (χ0v) is 13.6. The Morgan fingerprint density at radius 3 is 1.76 bits per heavy atom. The monoisotopic (exact) mass is 296 g/mol. The van der Waals surface area contributed by atoms with E-state index in [9.17, 15) is 9.59 Å². The maximum Gasteiger partial charge on any atom is 0.372 e. The normalized spacial score (nSPS) is 11.1. The molecule has 0 unspecified atom stereocenters. The summed E-state index contributed by atoms with van der Waals surface area (Å²) in [5, 5.41) is 8.43. The topological polar surface area (TPSA) is 54.4 Å². The van der Waals surface area contributed by atoms with Gasteiger partial charge in [0.2, 0.25) is 5.78 Å². The minimum absolute atomic E-state index is 0.191. The summed E-state index contributed by atoms with van der Waals surface area (Å²) in [5.41, 5.74) is 0. The molecule has 21 heavy (non-hydrogen) atoms. The van der Waals surface area contributed by atoms with E-state index in [0.29, 0.717) is 6.42 Å². The molecule has 0 heterocycles. The summed E-state index contributed by atoms with van der Waals surface area (Å²) in [5.74, 6) is -1.95. The lowest BCUT2D eigenvalue weighted by molar-refractivity contribution is -0.149. The van der Waals surface area contributed by atoms with Crippen molar-refractivity contribution in [2.45, 2.75) is 90.4 Å². The van der Waals surface area contributed by atoms with Crippen molar-refractivity contribution in [3.8, 4) is 0 Å². The van der Waals surface area contributed by atoms with Gasteiger partial charge in [0.15, 0.2) is 0 Å². The Morgan fingerprint density at radius 2 is 1.24 bits per heavy atom. The molecule has 0 radical (unpaired) electrons. The summed E-state index contributed by atoms with van der Waals surface area (Å²) in [6.07, 6.45) is 19.0. The van der Waals surface area contributed by atoms with E-state index in [1.165, 1.54) is 57.8 Å². The van der Waals surface area contributed by atoms with Crippen LogP contribution >= 0.6 is 0 Å². The van der Waals surface area contributed by atoms with E-state index < -0.39 is 11.8 Å². The predicted molar refractivity (Wildman–Crippen MR) is 87.5 cm³/mol. The molecule has 0 rings (SSSR count). The molecule has 0 aromatic carbocycles. The number of ketones is 1. The molecule has 0 spiro atoms. The third-order valence-corrected chi connectivity index (χ3v) is 3.65. The first-order chi connectivity index (χ1) is 10.2. The van der Waals surface area contributed by atoms with Crippen molar-refractivity contribution >= 4 is 11.8 Å². The zero-order valence-electron chi connectivity index (χ0n) is 13.6. The van der Waals surface area contributed by atoms with Gasteiger partial charge < -0.3 is 5.11 Å². The van der Waals surface area contributed by atoms with Gasteiger partial charge in [-0.25, -0.2) is 4.79 Å². The molecule has 0 aliphatic rings. The van der Waals surface area contributed by atoms with Crippen LogP contribution in [0.5, 0.6) is 0 Å². The molecule has 3 nitrogen and oxygen atoms in total. The number of Topliss-reactive ketones (excluding diaryl/α,β-unsaturated/α-hetero) is 1. The number of carbonyl (C=O) groups excluding carboxylic acids is 1. The van der Waals surface area contributed by atoms with E-state index in [4.69, 9.17) is 5.11 Å². The Kier molecular flexibility index (Phi) is 14.5. The van der Waals surface area contributed by atoms with Crippen molar-refractivity contribution in [3.05, 3.63) is 12.2 Å². The fraction of sp³-hybridized carbons (Fsp3) is 0.778. The summed E-state index contributed by atoms with van der Waals surface area (Å²) in [7, 11) is 0. The fourth-order valence-corrected chi connectivity index (χ4v) is 2.29. The van der Waals surface area contributed by atoms with Crippen LogP contribution in [0, 0.1) is 0 Å². The highest BCUT2D eigenvalue weighted by Crippen LogP contribution is 2.10. The number of aliphatic carboxylic acids is 1. The van der Waals surface area contributed by atoms with Gasteiger partial charge in [-0.2, -0.15) is 0 Å². The summed E-state index contributed by atoms with van der Waals surface area (Å²) in [6, 6.07) is 0. The largest absolute Gasteiger partial charge is 0.476 e. The van der Waals surface area contributed by atoms with Crippen LogP contribution in [0.1, 0.15) is 90.4 Å². The molecular weight excluding hydrogens is 264 g/mol. The van der Waals surface area contributed by atoms with E-state index in [0.717, 1.165) is 12.8 Å². The number of hydrogen-bond acceptors (Lipinski definition) is 2. The van der Waals surface area contributed by atoms with Crippen LogP contribution < -0.4 is 0 Å². The number of carboxylic acid groups (broad SMARTS) is 1. The Labute approximate surface area is 129 Å². The second kappa shape index (κ2) is 15.3. The maximum absolute atomic E-state index is 10.9. The summed E-state index contributed by atoms with van der Waals surface area (Å²) in [6.45, 7) is 2.24. The summed E-state index contributed by atoms with van der Waals surface area (Å²) in [4.78, 5) is 21.2. The molecule has 3 heteroatoms. The van der Waals surface area contributed by atoms with Gasteiger partial charge in [-0.3, -0.25) is 4.79 Å². The third-order valence-electron chi connectivity index (χ3n) is 3.65. The third kappa shape index (κ3) is 15.1. The standard InChI is InChI=1S/C18H32O3/c1-2-3-4-5-6-7-8-9-10-11-12-13-14-15-16-17(19)18(20)21/h7-8H,2-6,9-16H2,1H3,(H,20,21). The average molecular weight is 296 g/mol. The lowest BCUT2D eigenvalue weighted by Gasteiger charge is -2.00. The molecule has 0 saturated carbocycles. The molecular formula is C18H32O3. The second-order valence-corrected chi connectivity index (χ2v) is 5.71. The van der Waals surface area contributed by atoms with Crippen molar-refractivity contribution in [2.75, 3.05) is 0 Å². The van der Waals surface area contributed by atoms with Gasteiger partial charge in [0, 0.05) is 6.42 Å². The van der Waals surface area contributed by atoms with Crippen LogP contribution in [-0.4, -0.2) is 16.9 Å². The molecule has 0 amide bonds. The molecule has 0 saturated heterocycles. The first-order valence-corrected chi connectivity index (χ1v) is 8.59. The molecule has 0 fully saturated rings. The fourth-order valence-electron chi connectivity index (χ4n) is 2.29. The van der Waals surface area contributed by atoms with Gasteiger partial charge in [0.1, 0.15) is 0 Å². The highest BCUT2D eigenvalue weighted by Gasteiger charge is 2.09. The van der Waals surface area contributed by atoms with E-state index >= 15 is 0 Å². The number of carbonyl (C=O) groups is 2. The van der Waals surface area contributed by atoms with E-state index in [2.05, 4.69) is 19.1 Å². The van der Waals surface area contributed by atoms with Gasteiger partial charge in [0.05, 0.1) is 0 Å². The van der Waals surface area contributed by atoms with Gasteiger partial charge in [-0.15, -0.1) is 0 Å². The number of rotatable bonds is 15. The van der Waals surface area contributed by atoms with Gasteiger partial charge in [0.25, 0.3) is 0 Å². The molecule has 122 valence electrons. The van der Waals surface area contributed by atoms with Gasteiger partial charge in [-0.1, -0.05) is 64.0 Å². The maximum atomic E-state index is 10.9. The minimum Gasteiger partial charge on any atom is -0.476 e.